The fraction of sp³-hybridized carbons (Fsp3) is 0.345. The minimum absolute atomic E-state index is 0.00941. The number of nitrogens with one attached hydrogen (secondary N) is 2. The molecular weight excluding hydrogens is 529 g/mol. The predicted octanol–water partition coefficient (Wildman–Crippen LogP) is 2.69. The number of carbonyl (C=O) groups is 3. The molecule has 0 fully saturated rings. The number of hydrogen-bond acceptors (Lipinski definition) is 4. The number of fused-ring (bicyclic) bond motifs is 2. The van der Waals surface area contributed by atoms with Crippen molar-refractivity contribution in [3.05, 3.63) is 77.9 Å². The van der Waals surface area contributed by atoms with E-state index in [9.17, 15) is 19.5 Å². The zero-order valence-electron chi connectivity index (χ0n) is 20.7. The first-order valence-corrected chi connectivity index (χ1v) is 14.0. The number of benzene rings is 3. The molecule has 8 heteroatoms. The second kappa shape index (κ2) is 12.9. The number of anilines is 1. The number of nitrogens with zero attached hydrogens (tertiary/aromatic N) is 1. The van der Waals surface area contributed by atoms with Crippen LogP contribution in [-0.2, 0) is 27.2 Å². The summed E-state index contributed by atoms with van der Waals surface area (Å²) in [6.45, 7) is 0.356. The summed E-state index contributed by atoms with van der Waals surface area (Å²) in [5, 5.41) is 18.1. The van der Waals surface area contributed by atoms with Gasteiger partial charge in [-0.2, -0.15) is 0 Å². The van der Waals surface area contributed by atoms with E-state index in [0.29, 0.717) is 18.1 Å². The van der Waals surface area contributed by atoms with E-state index in [1.54, 1.807) is 4.90 Å². The molecule has 0 aliphatic carbocycles. The molecule has 2 radical (unpaired) electrons. The number of aliphatic hydroxyl groups excluding tert-OH is 1. The number of amides is 3. The Morgan fingerprint density at radius 1 is 1.00 bits per heavy atom. The van der Waals surface area contributed by atoms with Gasteiger partial charge < -0.3 is 0 Å². The van der Waals surface area contributed by atoms with E-state index >= 15 is 0 Å². The molecule has 1 heterocycles. The standard InChI is InChI=1S/C29H32AsN3O4/c30-18-24(34)19-31-29(37)25(17-20-12-13-21-6-1-2-8-23(21)16-20)32-27(35)14-15-33-26-10-4-3-7-22(26)9-5-11-28(33)36/h1-4,6-8,10,12-13,16,24-25,34H,5,9,11,14-15,17-19H2,(H,31,37)(H,32,35)/t24?,25-/m1/s1. The SMILES string of the molecule is O=C(CCN1C(=O)CCCc2ccccc21)N[C@H](Cc1ccc2ccccc2c1)C(=O)NCC(O)C[As]. The van der Waals surface area contributed by atoms with Gasteiger partial charge in [0.15, 0.2) is 0 Å². The fourth-order valence-electron chi connectivity index (χ4n) is 4.63. The average molecular weight is 562 g/mol. The van der Waals surface area contributed by atoms with Crippen LogP contribution in [0.3, 0.4) is 0 Å². The Kier molecular flexibility index (Phi) is 9.37. The Labute approximate surface area is 226 Å². The molecule has 37 heavy (non-hydrogen) atoms. The van der Waals surface area contributed by atoms with Gasteiger partial charge >= 0.3 is 167 Å². The first kappa shape index (κ1) is 26.9. The molecule has 0 spiro atoms. The number of para-hydroxylation sites is 1. The van der Waals surface area contributed by atoms with Gasteiger partial charge in [0.2, 0.25) is 0 Å². The van der Waals surface area contributed by atoms with Gasteiger partial charge in [-0.15, -0.1) is 0 Å². The molecule has 3 amide bonds. The van der Waals surface area contributed by atoms with Gasteiger partial charge in [0.05, 0.1) is 0 Å². The van der Waals surface area contributed by atoms with Gasteiger partial charge in [-0.1, -0.05) is 24.3 Å². The van der Waals surface area contributed by atoms with Crippen LogP contribution in [0.1, 0.15) is 30.4 Å². The summed E-state index contributed by atoms with van der Waals surface area (Å²) >= 11 is 2.29. The summed E-state index contributed by atoms with van der Waals surface area (Å²) in [7, 11) is 0. The first-order chi connectivity index (χ1) is 17.9. The van der Waals surface area contributed by atoms with Crippen LogP contribution in [0.4, 0.5) is 5.69 Å². The molecule has 192 valence electrons. The molecule has 1 unspecified atom stereocenters. The van der Waals surface area contributed by atoms with E-state index < -0.39 is 12.1 Å². The molecule has 7 nitrogen and oxygen atoms in total. The topological polar surface area (TPSA) is 98.7 Å². The summed E-state index contributed by atoms with van der Waals surface area (Å²) in [6, 6.07) is 21.0. The molecular formula is C29H32AsN3O4. The zero-order chi connectivity index (χ0) is 26.2. The van der Waals surface area contributed by atoms with Crippen molar-refractivity contribution in [1.29, 1.82) is 0 Å². The van der Waals surface area contributed by atoms with Crippen LogP contribution in [-0.4, -0.2) is 64.9 Å². The third-order valence-electron chi connectivity index (χ3n) is 6.61. The van der Waals surface area contributed by atoms with Crippen LogP contribution in [0.15, 0.2) is 66.7 Å². The van der Waals surface area contributed by atoms with E-state index in [2.05, 4.69) is 27.5 Å². The normalized spacial score (nSPS) is 15.0. The Balaban J connectivity index is 1.45. The Morgan fingerprint density at radius 2 is 1.76 bits per heavy atom. The summed E-state index contributed by atoms with van der Waals surface area (Å²) in [6.07, 6.45) is 1.79. The second-order valence-corrected chi connectivity index (χ2v) is 10.1. The molecule has 0 saturated carbocycles. The van der Waals surface area contributed by atoms with Gasteiger partial charge in [0.1, 0.15) is 0 Å². The number of aliphatic hydroxyl groups is 1. The quantitative estimate of drug-likeness (QED) is 0.332. The van der Waals surface area contributed by atoms with Crippen LogP contribution in [0.25, 0.3) is 10.8 Å². The molecule has 2 atom stereocenters. The summed E-state index contributed by atoms with van der Waals surface area (Å²) in [5.74, 6) is -0.643. The van der Waals surface area contributed by atoms with Crippen molar-refractivity contribution in [2.45, 2.75) is 49.5 Å². The first-order valence-electron chi connectivity index (χ1n) is 12.7. The van der Waals surface area contributed by atoms with Crippen molar-refractivity contribution >= 4 is 51.0 Å². The number of aryl methyl sites for hydroxylation is 1. The molecule has 3 aromatic carbocycles. The fourth-order valence-corrected chi connectivity index (χ4v) is 4.90. The monoisotopic (exact) mass is 561 g/mol. The molecule has 1 aliphatic heterocycles. The summed E-state index contributed by atoms with van der Waals surface area (Å²) in [5.41, 5.74) is 2.88. The predicted molar refractivity (Wildman–Crippen MR) is 146 cm³/mol. The third kappa shape index (κ3) is 7.21. The van der Waals surface area contributed by atoms with Gasteiger partial charge in [-0.3, -0.25) is 4.79 Å². The maximum atomic E-state index is 13.0. The van der Waals surface area contributed by atoms with Crippen LogP contribution in [0.2, 0.25) is 5.21 Å². The van der Waals surface area contributed by atoms with Crippen LogP contribution in [0.5, 0.6) is 0 Å². The van der Waals surface area contributed by atoms with Gasteiger partial charge in [0, 0.05) is 6.42 Å². The van der Waals surface area contributed by atoms with Crippen molar-refractivity contribution < 1.29 is 19.5 Å². The third-order valence-corrected chi connectivity index (χ3v) is 7.50. The Morgan fingerprint density at radius 3 is 2.57 bits per heavy atom. The molecule has 4 rings (SSSR count). The van der Waals surface area contributed by atoms with Gasteiger partial charge in [-0.25, -0.2) is 0 Å². The van der Waals surface area contributed by atoms with Crippen LogP contribution < -0.4 is 15.5 Å². The Hall–Kier alpha value is -3.15. The van der Waals surface area contributed by atoms with Gasteiger partial charge in [-0.05, 0) is 24.5 Å². The number of hydrogen-bond donors (Lipinski definition) is 3. The van der Waals surface area contributed by atoms with E-state index in [4.69, 9.17) is 0 Å². The Bertz CT molecular complexity index is 1260. The van der Waals surface area contributed by atoms with Crippen molar-refractivity contribution in [2.24, 2.45) is 0 Å². The number of rotatable bonds is 10. The van der Waals surface area contributed by atoms with Crippen molar-refractivity contribution in [3.63, 3.8) is 0 Å². The minimum atomic E-state index is -0.806. The zero-order valence-corrected chi connectivity index (χ0v) is 22.6. The molecule has 3 N–H and O–H groups in total. The van der Waals surface area contributed by atoms with Crippen LogP contribution in [0, 0.1) is 0 Å². The molecule has 3 aromatic rings. The van der Waals surface area contributed by atoms with E-state index in [1.807, 2.05) is 66.7 Å². The average Bonchev–Trinajstić information content (AvgIpc) is 3.07. The molecule has 1 aliphatic rings. The molecule has 0 bridgehead atoms. The van der Waals surface area contributed by atoms with Gasteiger partial charge in [0.25, 0.3) is 0 Å². The molecule has 0 saturated heterocycles. The van der Waals surface area contributed by atoms with Crippen molar-refractivity contribution in [2.75, 3.05) is 18.0 Å². The number of carbonyl (C=O) groups excluding carboxylic acids is 3. The van der Waals surface area contributed by atoms with Crippen molar-refractivity contribution in [1.82, 2.24) is 10.6 Å². The van der Waals surface area contributed by atoms with E-state index in [0.717, 1.165) is 40.4 Å². The van der Waals surface area contributed by atoms with Crippen LogP contribution >= 0.6 is 0 Å². The second-order valence-electron chi connectivity index (χ2n) is 9.36. The molecule has 0 aromatic heterocycles. The summed E-state index contributed by atoms with van der Waals surface area (Å²) < 4.78 is 0. The van der Waals surface area contributed by atoms with E-state index in [-0.39, 0.29) is 37.2 Å². The summed E-state index contributed by atoms with van der Waals surface area (Å²) in [4.78, 5) is 40.5. The maximum absolute atomic E-state index is 13.0. The van der Waals surface area contributed by atoms with E-state index in [1.165, 1.54) is 0 Å². The van der Waals surface area contributed by atoms with Crippen molar-refractivity contribution in [3.8, 4) is 0 Å².